The lowest BCUT2D eigenvalue weighted by molar-refractivity contribution is -0.132. The number of aromatic nitrogens is 2. The highest BCUT2D eigenvalue weighted by atomic mass is 32.1. The third-order valence-corrected chi connectivity index (χ3v) is 6.61. The van der Waals surface area contributed by atoms with Gasteiger partial charge in [-0.2, -0.15) is 0 Å². The fraction of sp³-hybridized carbons (Fsp3) is 0.143. The van der Waals surface area contributed by atoms with Gasteiger partial charge in [0.15, 0.2) is 16.6 Å². The van der Waals surface area contributed by atoms with Crippen LogP contribution in [0.3, 0.4) is 0 Å². The van der Waals surface area contributed by atoms with Gasteiger partial charge in [-0.25, -0.2) is 4.98 Å². The van der Waals surface area contributed by atoms with E-state index >= 15 is 0 Å². The second-order valence-electron chi connectivity index (χ2n) is 8.13. The van der Waals surface area contributed by atoms with E-state index in [9.17, 15) is 14.7 Å². The zero-order valence-corrected chi connectivity index (χ0v) is 20.7. The van der Waals surface area contributed by atoms with Gasteiger partial charge in [0.05, 0.1) is 18.2 Å². The van der Waals surface area contributed by atoms with Crippen molar-refractivity contribution >= 4 is 33.9 Å². The number of ketones is 1. The fourth-order valence-electron chi connectivity index (χ4n) is 4.16. The Labute approximate surface area is 217 Å². The van der Waals surface area contributed by atoms with E-state index in [1.54, 1.807) is 41.9 Å². The number of carbonyl (C=O) groups excluding carboxylic acids is 2. The van der Waals surface area contributed by atoms with E-state index in [2.05, 4.69) is 9.97 Å². The smallest absolute Gasteiger partial charge is 0.301 e. The lowest BCUT2D eigenvalue weighted by Crippen LogP contribution is -2.29. The van der Waals surface area contributed by atoms with Crippen molar-refractivity contribution in [2.75, 3.05) is 11.5 Å². The molecular formula is C28H23N3O5S. The summed E-state index contributed by atoms with van der Waals surface area (Å²) < 4.78 is 11.9. The van der Waals surface area contributed by atoms with Gasteiger partial charge in [-0.05, 0) is 42.3 Å². The zero-order chi connectivity index (χ0) is 25.8. The minimum absolute atomic E-state index is 0.0354. The summed E-state index contributed by atoms with van der Waals surface area (Å²) in [5.41, 5.74) is 1.92. The first-order valence-corrected chi connectivity index (χ1v) is 12.5. The van der Waals surface area contributed by atoms with Gasteiger partial charge in [0.2, 0.25) is 0 Å². The summed E-state index contributed by atoms with van der Waals surface area (Å²) in [6.07, 6.45) is 4.57. The second kappa shape index (κ2) is 10.6. The van der Waals surface area contributed by atoms with Gasteiger partial charge in [0, 0.05) is 29.5 Å². The number of hydrogen-bond acceptors (Lipinski definition) is 8. The number of benzene rings is 2. The Kier molecular flexibility index (Phi) is 6.96. The van der Waals surface area contributed by atoms with E-state index in [4.69, 9.17) is 9.47 Å². The normalized spacial score (nSPS) is 16.7. The molecule has 1 aliphatic heterocycles. The van der Waals surface area contributed by atoms with Crippen molar-refractivity contribution in [3.63, 3.8) is 0 Å². The number of Topliss-reactive ketones (excluding diaryl/α,β-unsaturated/α-hetero) is 1. The quantitative estimate of drug-likeness (QED) is 0.198. The standard InChI is InChI=1S/C28H23N3O5S/c1-2-35-22-16-20(8-9-21(22)36-17-18-6-4-3-5-7-18)24-23(25(32)19-10-12-29-13-11-19)26(33)27(34)31(24)28-30-14-15-37-28/h3-16,24,32H,2,17H2,1H3/b25-23+. The topological polar surface area (TPSA) is 102 Å². The number of amides is 1. The minimum atomic E-state index is -0.915. The van der Waals surface area contributed by atoms with E-state index in [0.717, 1.165) is 5.56 Å². The zero-order valence-electron chi connectivity index (χ0n) is 19.9. The van der Waals surface area contributed by atoms with E-state index in [1.807, 2.05) is 37.3 Å². The predicted octanol–water partition coefficient (Wildman–Crippen LogP) is 5.14. The molecule has 9 heteroatoms. The predicted molar refractivity (Wildman–Crippen MR) is 140 cm³/mol. The van der Waals surface area contributed by atoms with Crippen molar-refractivity contribution in [3.05, 3.63) is 107 Å². The van der Waals surface area contributed by atoms with Crippen molar-refractivity contribution < 1.29 is 24.2 Å². The van der Waals surface area contributed by atoms with Crippen molar-refractivity contribution in [1.82, 2.24) is 9.97 Å². The fourth-order valence-corrected chi connectivity index (χ4v) is 4.83. The summed E-state index contributed by atoms with van der Waals surface area (Å²) in [6, 6.07) is 17.2. The first-order chi connectivity index (χ1) is 18.1. The molecule has 8 nitrogen and oxygen atoms in total. The molecule has 0 spiro atoms. The molecule has 2 aromatic carbocycles. The summed E-state index contributed by atoms with van der Waals surface area (Å²) in [6.45, 7) is 2.59. The van der Waals surface area contributed by atoms with Gasteiger partial charge in [-0.3, -0.25) is 19.5 Å². The maximum atomic E-state index is 13.2. The average molecular weight is 514 g/mol. The number of aliphatic hydroxyl groups excluding tert-OH is 1. The molecule has 1 unspecified atom stereocenters. The van der Waals surface area contributed by atoms with Crippen LogP contribution in [0.5, 0.6) is 11.5 Å². The summed E-state index contributed by atoms with van der Waals surface area (Å²) in [5.74, 6) is -0.860. The monoisotopic (exact) mass is 513 g/mol. The van der Waals surface area contributed by atoms with Crippen LogP contribution >= 0.6 is 11.3 Å². The van der Waals surface area contributed by atoms with Crippen LogP contribution in [0.15, 0.2) is 90.2 Å². The van der Waals surface area contributed by atoms with Gasteiger partial charge in [-0.15, -0.1) is 11.3 Å². The molecule has 0 radical (unpaired) electrons. The van der Waals surface area contributed by atoms with Crippen LogP contribution in [0.1, 0.15) is 29.7 Å². The highest BCUT2D eigenvalue weighted by molar-refractivity contribution is 7.14. The largest absolute Gasteiger partial charge is 0.507 e. The van der Waals surface area contributed by atoms with Crippen LogP contribution in [-0.2, 0) is 16.2 Å². The van der Waals surface area contributed by atoms with E-state index in [-0.39, 0.29) is 11.3 Å². The number of nitrogens with zero attached hydrogens (tertiary/aromatic N) is 3. The first-order valence-electron chi connectivity index (χ1n) is 11.6. The third-order valence-electron chi connectivity index (χ3n) is 5.84. The highest BCUT2D eigenvalue weighted by Crippen LogP contribution is 2.44. The highest BCUT2D eigenvalue weighted by Gasteiger charge is 2.48. The van der Waals surface area contributed by atoms with Crippen LogP contribution in [0.4, 0.5) is 5.13 Å². The van der Waals surface area contributed by atoms with E-state index in [1.165, 1.54) is 28.6 Å². The van der Waals surface area contributed by atoms with Crippen molar-refractivity contribution in [2.45, 2.75) is 19.6 Å². The summed E-state index contributed by atoms with van der Waals surface area (Å²) in [7, 11) is 0. The van der Waals surface area contributed by atoms with E-state index < -0.39 is 17.7 Å². The van der Waals surface area contributed by atoms with Gasteiger partial charge < -0.3 is 14.6 Å². The molecule has 1 fully saturated rings. The van der Waals surface area contributed by atoms with Crippen molar-refractivity contribution in [3.8, 4) is 11.5 Å². The van der Waals surface area contributed by atoms with Crippen LogP contribution in [-0.4, -0.2) is 33.4 Å². The van der Waals surface area contributed by atoms with E-state index in [0.29, 0.717) is 41.0 Å². The molecule has 1 amide bonds. The molecule has 1 aliphatic rings. The Morgan fingerprint density at radius 3 is 2.49 bits per heavy atom. The molecule has 0 bridgehead atoms. The third kappa shape index (κ3) is 4.81. The Morgan fingerprint density at radius 1 is 1.00 bits per heavy atom. The summed E-state index contributed by atoms with van der Waals surface area (Å²) in [5, 5.41) is 13.2. The van der Waals surface area contributed by atoms with Gasteiger partial charge >= 0.3 is 5.91 Å². The van der Waals surface area contributed by atoms with Gasteiger partial charge in [0.1, 0.15) is 12.4 Å². The lowest BCUT2D eigenvalue weighted by Gasteiger charge is -2.24. The number of thiazole rings is 1. The number of anilines is 1. The SMILES string of the molecule is CCOc1cc(C2/C(=C(\O)c3ccncc3)C(=O)C(=O)N2c2nccs2)ccc1OCc1ccccc1. The Morgan fingerprint density at radius 2 is 1.78 bits per heavy atom. The van der Waals surface area contributed by atoms with Crippen LogP contribution in [0.2, 0.25) is 0 Å². The molecular weight excluding hydrogens is 490 g/mol. The van der Waals surface area contributed by atoms with Gasteiger partial charge in [-0.1, -0.05) is 36.4 Å². The molecule has 4 aromatic rings. The molecule has 1 atom stereocenters. The Balaban J connectivity index is 1.60. The number of hydrogen-bond donors (Lipinski definition) is 1. The summed E-state index contributed by atoms with van der Waals surface area (Å²) >= 11 is 1.23. The second-order valence-corrected chi connectivity index (χ2v) is 9.01. The maximum Gasteiger partial charge on any atom is 0.301 e. The number of ether oxygens (including phenoxy) is 2. The molecule has 0 saturated carbocycles. The number of aliphatic hydroxyl groups is 1. The molecule has 1 N–H and O–H groups in total. The van der Waals surface area contributed by atoms with Crippen LogP contribution < -0.4 is 14.4 Å². The van der Waals surface area contributed by atoms with Crippen molar-refractivity contribution in [1.29, 1.82) is 0 Å². The minimum Gasteiger partial charge on any atom is -0.507 e. The summed E-state index contributed by atoms with van der Waals surface area (Å²) in [4.78, 5) is 36.0. The average Bonchev–Trinajstić information content (AvgIpc) is 3.55. The molecule has 3 heterocycles. The molecule has 5 rings (SSSR count). The number of carbonyl (C=O) groups is 2. The molecule has 1 saturated heterocycles. The van der Waals surface area contributed by atoms with Crippen LogP contribution in [0, 0.1) is 0 Å². The Hall–Kier alpha value is -4.50. The number of rotatable bonds is 8. The molecule has 2 aromatic heterocycles. The van der Waals surface area contributed by atoms with Crippen molar-refractivity contribution in [2.24, 2.45) is 0 Å². The first kappa shape index (κ1) is 24.2. The molecule has 0 aliphatic carbocycles. The molecule has 37 heavy (non-hydrogen) atoms. The van der Waals surface area contributed by atoms with Gasteiger partial charge in [0.25, 0.3) is 5.78 Å². The van der Waals surface area contributed by atoms with Crippen LogP contribution in [0.25, 0.3) is 5.76 Å². The Bertz CT molecular complexity index is 1440. The molecule has 186 valence electrons. The maximum absolute atomic E-state index is 13.2. The number of pyridine rings is 1. The lowest BCUT2D eigenvalue weighted by atomic mass is 9.95.